The predicted molar refractivity (Wildman–Crippen MR) is 68.2 cm³/mol. The third-order valence-electron chi connectivity index (χ3n) is 3.19. The van der Waals surface area contributed by atoms with Crippen molar-refractivity contribution in [2.45, 2.75) is 18.9 Å². The number of hydrogen-bond donors (Lipinski definition) is 2. The van der Waals surface area contributed by atoms with Crippen molar-refractivity contribution in [1.29, 1.82) is 0 Å². The highest BCUT2D eigenvalue weighted by atomic mass is 32.2. The Bertz CT molecular complexity index is 452. The minimum absolute atomic E-state index is 0.0365. The maximum atomic E-state index is 11.4. The van der Waals surface area contributed by atoms with Gasteiger partial charge in [-0.25, -0.2) is 9.44 Å². The van der Waals surface area contributed by atoms with E-state index >= 15 is 0 Å². The third kappa shape index (κ3) is 3.32. The summed E-state index contributed by atoms with van der Waals surface area (Å²) in [6.45, 7) is 2.27. The molecule has 6 nitrogen and oxygen atoms in total. The van der Waals surface area contributed by atoms with Gasteiger partial charge in [0, 0.05) is 13.6 Å². The lowest BCUT2D eigenvalue weighted by molar-refractivity contribution is 0.216. The first-order valence-electron chi connectivity index (χ1n) is 6.08. The lowest BCUT2D eigenvalue weighted by Gasteiger charge is -2.25. The molecule has 18 heavy (non-hydrogen) atoms. The van der Waals surface area contributed by atoms with Gasteiger partial charge in [0.2, 0.25) is 0 Å². The molecule has 1 aromatic rings. The molecule has 2 heterocycles. The summed E-state index contributed by atoms with van der Waals surface area (Å²) in [7, 11) is -2.01. The van der Waals surface area contributed by atoms with Crippen LogP contribution >= 0.6 is 0 Å². The van der Waals surface area contributed by atoms with Gasteiger partial charge < -0.3 is 4.42 Å². The zero-order valence-electron chi connectivity index (χ0n) is 10.4. The van der Waals surface area contributed by atoms with E-state index in [0.717, 1.165) is 31.7 Å². The number of rotatable bonds is 6. The van der Waals surface area contributed by atoms with Crippen molar-refractivity contribution in [1.82, 2.24) is 14.3 Å². The predicted octanol–water partition coefficient (Wildman–Crippen LogP) is 0.470. The summed E-state index contributed by atoms with van der Waals surface area (Å²) < 4.78 is 33.0. The summed E-state index contributed by atoms with van der Waals surface area (Å²) in [5, 5.41) is 0. The lowest BCUT2D eigenvalue weighted by Crippen LogP contribution is -2.40. The average molecular weight is 273 g/mol. The molecule has 1 atom stereocenters. The van der Waals surface area contributed by atoms with Crippen molar-refractivity contribution in [2.75, 3.05) is 26.7 Å². The number of nitrogens with one attached hydrogen (secondary N) is 2. The fourth-order valence-corrected chi connectivity index (χ4v) is 2.73. The van der Waals surface area contributed by atoms with Gasteiger partial charge in [0.1, 0.15) is 5.76 Å². The first-order valence-corrected chi connectivity index (χ1v) is 7.56. The summed E-state index contributed by atoms with van der Waals surface area (Å²) >= 11 is 0. The summed E-state index contributed by atoms with van der Waals surface area (Å²) in [5.41, 5.74) is 0. The van der Waals surface area contributed by atoms with Gasteiger partial charge in [-0.2, -0.15) is 8.42 Å². The first kappa shape index (κ1) is 13.5. The van der Waals surface area contributed by atoms with Crippen molar-refractivity contribution in [3.8, 4) is 0 Å². The molecule has 0 bridgehead atoms. The van der Waals surface area contributed by atoms with Crippen molar-refractivity contribution in [3.05, 3.63) is 24.2 Å². The zero-order chi connectivity index (χ0) is 13.0. The van der Waals surface area contributed by atoms with Crippen LogP contribution in [0, 0.1) is 0 Å². The molecule has 0 aromatic carbocycles. The second kappa shape index (κ2) is 5.83. The molecule has 1 saturated heterocycles. The van der Waals surface area contributed by atoms with Crippen molar-refractivity contribution < 1.29 is 12.8 Å². The van der Waals surface area contributed by atoms with Crippen LogP contribution in [0.5, 0.6) is 0 Å². The SMILES string of the molecule is CNS(=O)(=O)NCC(c1ccco1)N1CCCC1. The van der Waals surface area contributed by atoms with Gasteiger partial charge in [-0.05, 0) is 38.1 Å². The van der Waals surface area contributed by atoms with Gasteiger partial charge in [-0.3, -0.25) is 4.90 Å². The van der Waals surface area contributed by atoms with Crippen LogP contribution in [0.4, 0.5) is 0 Å². The van der Waals surface area contributed by atoms with Crippen LogP contribution in [0.2, 0.25) is 0 Å². The molecule has 1 unspecified atom stereocenters. The molecule has 1 fully saturated rings. The van der Waals surface area contributed by atoms with Crippen LogP contribution in [0.3, 0.4) is 0 Å². The van der Waals surface area contributed by atoms with Crippen LogP contribution in [-0.2, 0) is 10.2 Å². The Labute approximate surface area is 108 Å². The standard InChI is InChI=1S/C11H19N3O3S/c1-12-18(15,16)13-9-10(11-5-4-8-17-11)14-6-2-3-7-14/h4-5,8,10,12-13H,2-3,6-7,9H2,1H3. The van der Waals surface area contributed by atoms with Crippen molar-refractivity contribution in [3.63, 3.8) is 0 Å². The normalized spacial score (nSPS) is 19.2. The Kier molecular flexibility index (Phi) is 4.39. The molecule has 0 aliphatic carbocycles. The third-order valence-corrected chi connectivity index (χ3v) is 4.27. The van der Waals surface area contributed by atoms with E-state index in [1.807, 2.05) is 12.1 Å². The van der Waals surface area contributed by atoms with E-state index in [4.69, 9.17) is 4.42 Å². The quantitative estimate of drug-likeness (QED) is 0.790. The Morgan fingerprint density at radius 1 is 1.44 bits per heavy atom. The van der Waals surface area contributed by atoms with Gasteiger partial charge in [0.15, 0.2) is 0 Å². The summed E-state index contributed by atoms with van der Waals surface area (Å²) in [4.78, 5) is 2.25. The Morgan fingerprint density at radius 2 is 2.17 bits per heavy atom. The van der Waals surface area contributed by atoms with E-state index in [-0.39, 0.29) is 6.04 Å². The molecule has 1 aromatic heterocycles. The smallest absolute Gasteiger partial charge is 0.276 e. The zero-order valence-corrected chi connectivity index (χ0v) is 11.2. The molecule has 0 radical (unpaired) electrons. The Morgan fingerprint density at radius 3 is 2.72 bits per heavy atom. The summed E-state index contributed by atoms with van der Waals surface area (Å²) in [6.07, 6.45) is 3.91. The van der Waals surface area contributed by atoms with E-state index in [0.29, 0.717) is 6.54 Å². The fraction of sp³-hybridized carbons (Fsp3) is 0.636. The molecule has 2 rings (SSSR count). The van der Waals surface area contributed by atoms with Gasteiger partial charge in [-0.1, -0.05) is 0 Å². The molecule has 1 aliphatic heterocycles. The maximum absolute atomic E-state index is 11.4. The number of likely N-dealkylation sites (tertiary alicyclic amines) is 1. The Balaban J connectivity index is 2.06. The molecule has 102 valence electrons. The second-order valence-electron chi connectivity index (χ2n) is 4.33. The van der Waals surface area contributed by atoms with Gasteiger partial charge in [0.05, 0.1) is 12.3 Å². The number of hydrogen-bond acceptors (Lipinski definition) is 4. The topological polar surface area (TPSA) is 74.6 Å². The molecule has 0 amide bonds. The molecule has 1 aliphatic rings. The molecule has 2 N–H and O–H groups in total. The van der Waals surface area contributed by atoms with Crippen molar-refractivity contribution >= 4 is 10.2 Å². The van der Waals surface area contributed by atoms with E-state index in [1.165, 1.54) is 7.05 Å². The largest absolute Gasteiger partial charge is 0.468 e. The minimum atomic E-state index is -3.40. The average Bonchev–Trinajstić information content (AvgIpc) is 3.01. The monoisotopic (exact) mass is 273 g/mol. The lowest BCUT2D eigenvalue weighted by atomic mass is 10.2. The first-order chi connectivity index (χ1) is 8.62. The number of furan rings is 1. The van der Waals surface area contributed by atoms with Crippen LogP contribution in [-0.4, -0.2) is 40.0 Å². The summed E-state index contributed by atoms with van der Waals surface area (Å²) in [6, 6.07) is 3.67. The highest BCUT2D eigenvalue weighted by molar-refractivity contribution is 7.87. The molecule has 0 spiro atoms. The van der Waals surface area contributed by atoms with E-state index in [9.17, 15) is 8.42 Å². The molecular formula is C11H19N3O3S. The number of nitrogens with zero attached hydrogens (tertiary/aromatic N) is 1. The summed E-state index contributed by atoms with van der Waals surface area (Å²) in [5.74, 6) is 0.802. The van der Waals surface area contributed by atoms with E-state index < -0.39 is 10.2 Å². The van der Waals surface area contributed by atoms with Gasteiger partial charge in [0.25, 0.3) is 10.2 Å². The Hall–Kier alpha value is -0.890. The van der Waals surface area contributed by atoms with E-state index in [2.05, 4.69) is 14.3 Å². The van der Waals surface area contributed by atoms with Crippen molar-refractivity contribution in [2.24, 2.45) is 0 Å². The molecule has 0 saturated carbocycles. The van der Waals surface area contributed by atoms with Crippen LogP contribution in [0.1, 0.15) is 24.6 Å². The molecular weight excluding hydrogens is 254 g/mol. The highest BCUT2D eigenvalue weighted by Crippen LogP contribution is 2.24. The second-order valence-corrected chi connectivity index (χ2v) is 6.03. The van der Waals surface area contributed by atoms with Crippen LogP contribution in [0.25, 0.3) is 0 Å². The highest BCUT2D eigenvalue weighted by Gasteiger charge is 2.26. The minimum Gasteiger partial charge on any atom is -0.468 e. The van der Waals surface area contributed by atoms with Gasteiger partial charge >= 0.3 is 0 Å². The fourth-order valence-electron chi connectivity index (χ4n) is 2.20. The molecule has 7 heteroatoms. The van der Waals surface area contributed by atoms with E-state index in [1.54, 1.807) is 6.26 Å². The van der Waals surface area contributed by atoms with Crippen LogP contribution < -0.4 is 9.44 Å². The van der Waals surface area contributed by atoms with Gasteiger partial charge in [-0.15, -0.1) is 0 Å². The maximum Gasteiger partial charge on any atom is 0.276 e. The van der Waals surface area contributed by atoms with Crippen LogP contribution in [0.15, 0.2) is 22.8 Å².